The van der Waals surface area contributed by atoms with Gasteiger partial charge in [0.15, 0.2) is 5.78 Å². The van der Waals surface area contributed by atoms with Crippen LogP contribution in [-0.4, -0.2) is 5.78 Å². The quantitative estimate of drug-likeness (QED) is 0.313. The van der Waals surface area contributed by atoms with Crippen LogP contribution in [0.15, 0.2) is 28.4 Å². The van der Waals surface area contributed by atoms with Gasteiger partial charge in [-0.3, -0.25) is 4.79 Å². The van der Waals surface area contributed by atoms with Crippen molar-refractivity contribution in [3.05, 3.63) is 44.6 Å². The highest BCUT2D eigenvalue weighted by Gasteiger charge is 2.07. The van der Waals surface area contributed by atoms with Crippen LogP contribution in [-0.2, 0) is 0 Å². The van der Waals surface area contributed by atoms with Crippen LogP contribution in [0, 0.1) is 0 Å². The lowest BCUT2D eigenvalue weighted by molar-refractivity contribution is 0.0982. The van der Waals surface area contributed by atoms with Crippen molar-refractivity contribution in [1.82, 2.24) is 0 Å². The van der Waals surface area contributed by atoms with E-state index in [0.717, 1.165) is 6.42 Å². The molecule has 0 spiro atoms. The molecule has 0 aliphatic carbocycles. The third-order valence-corrected chi connectivity index (χ3v) is 2.02. The lowest BCUT2D eigenvalue weighted by atomic mass is 10.1. The average molecular weight is 230 g/mol. The van der Waals surface area contributed by atoms with Crippen LogP contribution in [0.1, 0.15) is 30.1 Å². The summed E-state index contributed by atoms with van der Waals surface area (Å²) in [7, 11) is 0. The van der Waals surface area contributed by atoms with E-state index in [1.165, 1.54) is 18.2 Å². The summed E-state index contributed by atoms with van der Waals surface area (Å²) >= 11 is 0. The van der Waals surface area contributed by atoms with Crippen molar-refractivity contribution in [2.24, 2.45) is 10.2 Å². The highest BCUT2D eigenvalue weighted by molar-refractivity contribution is 5.97. The van der Waals surface area contributed by atoms with E-state index in [0.29, 0.717) is 12.0 Å². The van der Waals surface area contributed by atoms with Gasteiger partial charge in [-0.15, -0.1) is 0 Å². The predicted octanol–water partition coefficient (Wildman–Crippen LogP) is 4.55. The Kier molecular flexibility index (Phi) is 4.57. The molecular formula is C10H10N6O. The van der Waals surface area contributed by atoms with E-state index in [9.17, 15) is 4.79 Å². The molecule has 0 atom stereocenters. The van der Waals surface area contributed by atoms with Crippen molar-refractivity contribution in [1.29, 1.82) is 0 Å². The van der Waals surface area contributed by atoms with E-state index in [2.05, 4.69) is 20.1 Å². The van der Waals surface area contributed by atoms with E-state index in [1.54, 1.807) is 0 Å². The van der Waals surface area contributed by atoms with Crippen LogP contribution in [0.4, 0.5) is 11.4 Å². The minimum atomic E-state index is -0.0723. The summed E-state index contributed by atoms with van der Waals surface area (Å²) in [5.41, 5.74) is 17.6. The molecule has 1 aromatic carbocycles. The number of hydrogen-bond donors (Lipinski definition) is 0. The molecule has 0 N–H and O–H groups in total. The number of azide groups is 2. The van der Waals surface area contributed by atoms with E-state index in [-0.39, 0.29) is 17.2 Å². The zero-order chi connectivity index (χ0) is 12.7. The van der Waals surface area contributed by atoms with Gasteiger partial charge in [-0.25, -0.2) is 0 Å². The molecule has 0 aromatic heterocycles. The molecule has 0 saturated carbocycles. The Morgan fingerprint density at radius 2 is 1.71 bits per heavy atom. The number of ketones is 1. The van der Waals surface area contributed by atoms with Gasteiger partial charge in [-0.2, -0.15) is 0 Å². The van der Waals surface area contributed by atoms with Gasteiger partial charge >= 0.3 is 0 Å². The van der Waals surface area contributed by atoms with E-state index in [1.807, 2.05) is 6.92 Å². The van der Waals surface area contributed by atoms with Crippen LogP contribution in [0.3, 0.4) is 0 Å². The first-order valence-corrected chi connectivity index (χ1v) is 4.99. The number of hydrogen-bond acceptors (Lipinski definition) is 3. The first-order valence-electron chi connectivity index (χ1n) is 4.99. The van der Waals surface area contributed by atoms with Gasteiger partial charge in [0.05, 0.1) is 0 Å². The smallest absolute Gasteiger partial charge is 0.162 e. The van der Waals surface area contributed by atoms with Gasteiger partial charge in [-0.1, -0.05) is 17.2 Å². The summed E-state index contributed by atoms with van der Waals surface area (Å²) in [4.78, 5) is 17.0. The van der Waals surface area contributed by atoms with Gasteiger partial charge in [0.1, 0.15) is 0 Å². The van der Waals surface area contributed by atoms with Crippen LogP contribution in [0.2, 0.25) is 0 Å². The molecule has 7 heteroatoms. The summed E-state index contributed by atoms with van der Waals surface area (Å²) in [5.74, 6) is -0.0723. The molecule has 0 radical (unpaired) electrons. The normalized spacial score (nSPS) is 9.00. The van der Waals surface area contributed by atoms with E-state index >= 15 is 0 Å². The number of carbonyl (C=O) groups is 1. The molecule has 0 aliphatic heterocycles. The lowest BCUT2D eigenvalue weighted by Crippen LogP contribution is -1.97. The molecular weight excluding hydrogens is 220 g/mol. The minimum absolute atomic E-state index is 0.0723. The van der Waals surface area contributed by atoms with E-state index in [4.69, 9.17) is 11.1 Å². The SMILES string of the molecule is CCCC(=O)c1cc(N=[N+]=[N-])cc(N=[N+]=[N-])c1. The van der Waals surface area contributed by atoms with Crippen molar-refractivity contribution in [2.45, 2.75) is 19.8 Å². The second kappa shape index (κ2) is 6.17. The molecule has 0 heterocycles. The fourth-order valence-electron chi connectivity index (χ4n) is 1.35. The molecule has 7 nitrogen and oxygen atoms in total. The highest BCUT2D eigenvalue weighted by atomic mass is 16.1. The molecule has 86 valence electrons. The Morgan fingerprint density at radius 1 is 1.18 bits per heavy atom. The van der Waals surface area contributed by atoms with Crippen molar-refractivity contribution >= 4 is 17.2 Å². The maximum absolute atomic E-state index is 11.7. The van der Waals surface area contributed by atoms with Gasteiger partial charge in [0.2, 0.25) is 0 Å². The fraction of sp³-hybridized carbons (Fsp3) is 0.300. The number of benzene rings is 1. The molecule has 0 saturated heterocycles. The van der Waals surface area contributed by atoms with Crippen LogP contribution < -0.4 is 0 Å². The number of nitrogens with zero attached hydrogens (tertiary/aromatic N) is 6. The number of carbonyl (C=O) groups excluding carboxylic acids is 1. The van der Waals surface area contributed by atoms with Gasteiger partial charge in [-0.05, 0) is 35.7 Å². The summed E-state index contributed by atoms with van der Waals surface area (Å²) in [5, 5.41) is 6.80. The van der Waals surface area contributed by atoms with Gasteiger partial charge in [0.25, 0.3) is 0 Å². The van der Waals surface area contributed by atoms with E-state index < -0.39 is 0 Å². The van der Waals surface area contributed by atoms with Crippen molar-refractivity contribution in [3.8, 4) is 0 Å². The standard InChI is InChI=1S/C10H10N6O/c1-2-3-10(17)7-4-8(13-15-11)6-9(5-7)14-16-12/h4-6H,2-3H2,1H3. The Bertz CT molecular complexity index is 489. The van der Waals surface area contributed by atoms with Crippen molar-refractivity contribution in [3.63, 3.8) is 0 Å². The maximum Gasteiger partial charge on any atom is 0.162 e. The van der Waals surface area contributed by atoms with Gasteiger partial charge < -0.3 is 0 Å². The first kappa shape index (κ1) is 12.6. The zero-order valence-electron chi connectivity index (χ0n) is 9.24. The second-order valence-electron chi connectivity index (χ2n) is 3.29. The third-order valence-electron chi connectivity index (χ3n) is 2.02. The first-order chi connectivity index (χ1) is 8.21. The molecule has 0 aliphatic rings. The summed E-state index contributed by atoms with van der Waals surface area (Å²) in [6.07, 6.45) is 1.12. The number of rotatable bonds is 5. The molecule has 0 fully saturated rings. The number of Topliss-reactive ketones (excluding diaryl/α,β-unsaturated/α-hetero) is 1. The summed E-state index contributed by atoms with van der Waals surface area (Å²) in [6.45, 7) is 1.89. The van der Waals surface area contributed by atoms with Crippen molar-refractivity contribution < 1.29 is 4.79 Å². The fourth-order valence-corrected chi connectivity index (χ4v) is 1.35. The molecule has 1 aromatic rings. The Balaban J connectivity index is 3.24. The lowest BCUT2D eigenvalue weighted by Gasteiger charge is -2.02. The minimum Gasteiger partial charge on any atom is -0.294 e. The van der Waals surface area contributed by atoms with Crippen LogP contribution >= 0.6 is 0 Å². The monoisotopic (exact) mass is 230 g/mol. The van der Waals surface area contributed by atoms with Crippen LogP contribution in [0.5, 0.6) is 0 Å². The Hall–Kier alpha value is -2.49. The van der Waals surface area contributed by atoms with Gasteiger partial charge in [0, 0.05) is 33.2 Å². The zero-order valence-corrected chi connectivity index (χ0v) is 9.24. The Morgan fingerprint density at radius 3 is 2.12 bits per heavy atom. The average Bonchev–Trinajstić information content (AvgIpc) is 2.30. The largest absolute Gasteiger partial charge is 0.294 e. The molecule has 0 bridgehead atoms. The molecule has 0 unspecified atom stereocenters. The Labute approximate surface area is 97.3 Å². The highest BCUT2D eigenvalue weighted by Crippen LogP contribution is 2.25. The molecule has 17 heavy (non-hydrogen) atoms. The predicted molar refractivity (Wildman–Crippen MR) is 63.3 cm³/mol. The molecule has 0 amide bonds. The van der Waals surface area contributed by atoms with Crippen LogP contribution in [0.25, 0.3) is 20.9 Å². The topological polar surface area (TPSA) is 115 Å². The molecule has 1 rings (SSSR count). The summed E-state index contributed by atoms with van der Waals surface area (Å²) < 4.78 is 0. The summed E-state index contributed by atoms with van der Waals surface area (Å²) in [6, 6.07) is 4.38. The van der Waals surface area contributed by atoms with Crippen molar-refractivity contribution in [2.75, 3.05) is 0 Å². The third kappa shape index (κ3) is 3.53. The maximum atomic E-state index is 11.7. The second-order valence-corrected chi connectivity index (χ2v) is 3.29.